The lowest BCUT2D eigenvalue weighted by Crippen LogP contribution is -2.34. The van der Waals surface area contributed by atoms with Gasteiger partial charge in [-0.25, -0.2) is 0 Å². The van der Waals surface area contributed by atoms with Gasteiger partial charge in [0.05, 0.1) is 5.69 Å². The van der Waals surface area contributed by atoms with Gasteiger partial charge in [0, 0.05) is 6.04 Å². The van der Waals surface area contributed by atoms with E-state index in [1.807, 2.05) is 13.0 Å². The summed E-state index contributed by atoms with van der Waals surface area (Å²) >= 11 is 0. The van der Waals surface area contributed by atoms with Crippen molar-refractivity contribution in [2.24, 2.45) is 0 Å². The number of carbonyl (C=O) groups is 1. The average Bonchev–Trinajstić information content (AvgIpc) is 2.28. The fourth-order valence-corrected chi connectivity index (χ4v) is 1.11. The highest BCUT2D eigenvalue weighted by Crippen LogP contribution is 2.19. The van der Waals surface area contributed by atoms with Gasteiger partial charge in [-0.05, 0) is 19.1 Å². The number of ether oxygens (including phenoxy) is 1. The highest BCUT2D eigenvalue weighted by atomic mass is 16.5. The van der Waals surface area contributed by atoms with E-state index in [-0.39, 0.29) is 18.6 Å². The van der Waals surface area contributed by atoms with Crippen molar-refractivity contribution in [3.8, 4) is 5.75 Å². The Bertz CT molecular complexity index is 377. The van der Waals surface area contributed by atoms with Crippen LogP contribution >= 0.6 is 0 Å². The number of hydrogen-bond acceptors (Lipinski definition) is 3. The van der Waals surface area contributed by atoms with Gasteiger partial charge in [-0.3, -0.25) is 4.79 Å². The molecule has 0 aliphatic carbocycles. The number of anilines is 1. The third-order valence-corrected chi connectivity index (χ3v) is 2.02. The molecule has 0 bridgehead atoms. The van der Waals surface area contributed by atoms with Crippen molar-refractivity contribution in [3.05, 3.63) is 36.9 Å². The fourth-order valence-electron chi connectivity index (χ4n) is 1.11. The SMILES string of the molecule is C=CC(C)NC(=O)COc1ccccc1N. The van der Waals surface area contributed by atoms with E-state index in [0.717, 1.165) is 0 Å². The van der Waals surface area contributed by atoms with Crippen LogP contribution in [0.1, 0.15) is 6.92 Å². The van der Waals surface area contributed by atoms with Crippen LogP contribution < -0.4 is 15.8 Å². The van der Waals surface area contributed by atoms with Crippen molar-refractivity contribution in [3.63, 3.8) is 0 Å². The van der Waals surface area contributed by atoms with E-state index < -0.39 is 0 Å². The highest BCUT2D eigenvalue weighted by Gasteiger charge is 2.06. The summed E-state index contributed by atoms with van der Waals surface area (Å²) in [6.07, 6.45) is 1.65. The van der Waals surface area contributed by atoms with Crippen LogP contribution in [0.3, 0.4) is 0 Å². The lowest BCUT2D eigenvalue weighted by Gasteiger charge is -2.11. The van der Waals surface area contributed by atoms with Gasteiger partial charge in [0.15, 0.2) is 6.61 Å². The normalized spacial score (nSPS) is 11.6. The van der Waals surface area contributed by atoms with Gasteiger partial charge in [0.2, 0.25) is 0 Å². The summed E-state index contributed by atoms with van der Waals surface area (Å²) in [4.78, 5) is 11.4. The number of carbonyl (C=O) groups excluding carboxylic acids is 1. The van der Waals surface area contributed by atoms with E-state index in [0.29, 0.717) is 11.4 Å². The zero-order chi connectivity index (χ0) is 12.0. The maximum Gasteiger partial charge on any atom is 0.258 e. The second-order valence-electron chi connectivity index (χ2n) is 3.42. The Labute approximate surface area is 95.1 Å². The number of rotatable bonds is 5. The Hall–Kier alpha value is -1.97. The molecular formula is C12H16N2O2. The number of para-hydroxylation sites is 2. The van der Waals surface area contributed by atoms with E-state index in [2.05, 4.69) is 11.9 Å². The Morgan fingerprint density at radius 3 is 2.94 bits per heavy atom. The molecule has 1 amide bonds. The second-order valence-corrected chi connectivity index (χ2v) is 3.42. The molecule has 0 saturated heterocycles. The molecule has 0 radical (unpaired) electrons. The first-order valence-corrected chi connectivity index (χ1v) is 5.02. The van der Waals surface area contributed by atoms with E-state index in [1.54, 1.807) is 24.3 Å². The largest absolute Gasteiger partial charge is 0.482 e. The molecular weight excluding hydrogens is 204 g/mol. The number of nitrogen functional groups attached to an aromatic ring is 1. The van der Waals surface area contributed by atoms with Crippen LogP contribution in [0.15, 0.2) is 36.9 Å². The summed E-state index contributed by atoms with van der Waals surface area (Å²) < 4.78 is 5.27. The van der Waals surface area contributed by atoms with E-state index in [9.17, 15) is 4.79 Å². The zero-order valence-electron chi connectivity index (χ0n) is 9.27. The molecule has 0 aliphatic rings. The monoisotopic (exact) mass is 220 g/mol. The molecule has 0 aromatic heterocycles. The van der Waals surface area contributed by atoms with Crippen LogP contribution in [0.5, 0.6) is 5.75 Å². The first kappa shape index (κ1) is 12.1. The third-order valence-electron chi connectivity index (χ3n) is 2.02. The Balaban J connectivity index is 2.43. The number of amides is 1. The van der Waals surface area contributed by atoms with Crippen molar-refractivity contribution in [2.45, 2.75) is 13.0 Å². The molecule has 0 aliphatic heterocycles. The van der Waals surface area contributed by atoms with Crippen molar-refractivity contribution in [2.75, 3.05) is 12.3 Å². The molecule has 1 aromatic carbocycles. The van der Waals surface area contributed by atoms with Gasteiger partial charge in [-0.15, -0.1) is 6.58 Å². The van der Waals surface area contributed by atoms with Crippen LogP contribution in [0.2, 0.25) is 0 Å². The van der Waals surface area contributed by atoms with Crippen LogP contribution in [0.25, 0.3) is 0 Å². The molecule has 1 atom stereocenters. The highest BCUT2D eigenvalue weighted by molar-refractivity contribution is 5.78. The van der Waals surface area contributed by atoms with E-state index >= 15 is 0 Å². The number of hydrogen-bond donors (Lipinski definition) is 2. The molecule has 1 rings (SSSR count). The number of nitrogens with one attached hydrogen (secondary N) is 1. The lowest BCUT2D eigenvalue weighted by atomic mass is 10.3. The van der Waals surface area contributed by atoms with Gasteiger partial charge in [0.1, 0.15) is 5.75 Å². The van der Waals surface area contributed by atoms with Gasteiger partial charge in [-0.1, -0.05) is 18.2 Å². The predicted molar refractivity (Wildman–Crippen MR) is 64.2 cm³/mol. The van der Waals surface area contributed by atoms with Gasteiger partial charge in [-0.2, -0.15) is 0 Å². The molecule has 1 unspecified atom stereocenters. The summed E-state index contributed by atoms with van der Waals surface area (Å²) in [5.74, 6) is 0.319. The molecule has 3 N–H and O–H groups in total. The van der Waals surface area contributed by atoms with Crippen molar-refractivity contribution < 1.29 is 9.53 Å². The zero-order valence-corrected chi connectivity index (χ0v) is 9.27. The Morgan fingerprint density at radius 2 is 2.31 bits per heavy atom. The first-order valence-electron chi connectivity index (χ1n) is 5.02. The number of nitrogens with two attached hydrogens (primary N) is 1. The van der Waals surface area contributed by atoms with Crippen LogP contribution in [-0.2, 0) is 4.79 Å². The Morgan fingerprint density at radius 1 is 1.62 bits per heavy atom. The molecule has 4 heteroatoms. The molecule has 0 fully saturated rings. The lowest BCUT2D eigenvalue weighted by molar-refractivity contribution is -0.123. The van der Waals surface area contributed by atoms with Crippen LogP contribution in [0, 0.1) is 0 Å². The number of benzene rings is 1. The smallest absolute Gasteiger partial charge is 0.258 e. The minimum atomic E-state index is -0.198. The molecule has 0 spiro atoms. The maximum absolute atomic E-state index is 11.4. The molecule has 86 valence electrons. The van der Waals surface area contributed by atoms with Crippen molar-refractivity contribution in [1.29, 1.82) is 0 Å². The summed E-state index contributed by atoms with van der Waals surface area (Å²) in [5.41, 5.74) is 6.18. The van der Waals surface area contributed by atoms with Crippen molar-refractivity contribution in [1.82, 2.24) is 5.32 Å². The van der Waals surface area contributed by atoms with E-state index in [4.69, 9.17) is 10.5 Å². The summed E-state index contributed by atoms with van der Waals surface area (Å²) in [7, 11) is 0. The topological polar surface area (TPSA) is 64.3 Å². The average molecular weight is 220 g/mol. The molecule has 4 nitrogen and oxygen atoms in total. The van der Waals surface area contributed by atoms with Gasteiger partial charge >= 0.3 is 0 Å². The molecule has 0 saturated carbocycles. The molecule has 1 aromatic rings. The van der Waals surface area contributed by atoms with Crippen molar-refractivity contribution >= 4 is 11.6 Å². The minimum absolute atomic E-state index is 0.0492. The summed E-state index contributed by atoms with van der Waals surface area (Å²) in [6.45, 7) is 5.36. The summed E-state index contributed by atoms with van der Waals surface area (Å²) in [6, 6.07) is 6.99. The predicted octanol–water partition coefficient (Wildman–Crippen LogP) is 1.34. The minimum Gasteiger partial charge on any atom is -0.482 e. The third kappa shape index (κ3) is 3.65. The fraction of sp³-hybridized carbons (Fsp3) is 0.250. The molecule has 16 heavy (non-hydrogen) atoms. The summed E-state index contributed by atoms with van der Waals surface area (Å²) in [5, 5.41) is 2.70. The standard InChI is InChI=1S/C12H16N2O2/c1-3-9(2)14-12(15)8-16-11-7-5-4-6-10(11)13/h3-7,9H,1,8,13H2,2H3,(H,14,15). The Kier molecular flexibility index (Phi) is 4.39. The quantitative estimate of drug-likeness (QED) is 0.581. The second kappa shape index (κ2) is 5.80. The first-order chi connectivity index (χ1) is 7.63. The van der Waals surface area contributed by atoms with Crippen LogP contribution in [0.4, 0.5) is 5.69 Å². The van der Waals surface area contributed by atoms with E-state index in [1.165, 1.54) is 0 Å². The van der Waals surface area contributed by atoms with Crippen LogP contribution in [-0.4, -0.2) is 18.6 Å². The van der Waals surface area contributed by atoms with Gasteiger partial charge < -0.3 is 15.8 Å². The maximum atomic E-state index is 11.4. The van der Waals surface area contributed by atoms with Gasteiger partial charge in [0.25, 0.3) is 5.91 Å². The molecule has 0 heterocycles.